The van der Waals surface area contributed by atoms with Gasteiger partial charge in [-0.25, -0.2) is 14.0 Å². The summed E-state index contributed by atoms with van der Waals surface area (Å²) in [5.41, 5.74) is -0.0637. The second-order valence-corrected chi connectivity index (χ2v) is 4.42. The summed E-state index contributed by atoms with van der Waals surface area (Å²) in [6.07, 6.45) is 0.0616. The van der Waals surface area contributed by atoms with Gasteiger partial charge in [0, 0.05) is 13.0 Å². The number of anilines is 1. The minimum absolute atomic E-state index is 0.0112. The third-order valence-electron chi connectivity index (χ3n) is 2.77. The van der Waals surface area contributed by atoms with Gasteiger partial charge in [0.1, 0.15) is 10.8 Å². The fourth-order valence-electron chi connectivity index (χ4n) is 1.80. The van der Waals surface area contributed by atoms with E-state index in [2.05, 4.69) is 10.1 Å². The Kier molecular flexibility index (Phi) is 3.89. The molecular weight excluding hydrogens is 291 g/mol. The van der Waals surface area contributed by atoms with Gasteiger partial charge in [-0.2, -0.15) is 0 Å². The van der Waals surface area contributed by atoms with Crippen LogP contribution >= 0.6 is 11.6 Å². The maximum Gasteiger partial charge on any atom is 0.338 e. The number of methoxy groups -OCH3 is 1. The van der Waals surface area contributed by atoms with Crippen LogP contribution in [-0.2, 0) is 9.53 Å². The maximum absolute atomic E-state index is 13.7. The molecule has 1 fully saturated rings. The zero-order valence-electron chi connectivity index (χ0n) is 10.4. The van der Waals surface area contributed by atoms with Crippen molar-refractivity contribution in [2.75, 3.05) is 18.6 Å². The number of carbonyl (C=O) groups excluding carboxylic acids is 3. The number of hydrogen-bond acceptors (Lipinski definition) is 4. The molecule has 106 valence electrons. The summed E-state index contributed by atoms with van der Waals surface area (Å²) in [6.45, 7) is 0.0501. The van der Waals surface area contributed by atoms with Gasteiger partial charge in [-0.3, -0.25) is 15.0 Å². The van der Waals surface area contributed by atoms with Crippen LogP contribution in [0.4, 0.5) is 14.9 Å². The summed E-state index contributed by atoms with van der Waals surface area (Å²) < 4.78 is 18.2. The van der Waals surface area contributed by atoms with E-state index in [0.717, 1.165) is 18.1 Å². The van der Waals surface area contributed by atoms with Crippen molar-refractivity contribution in [3.05, 3.63) is 28.5 Å². The summed E-state index contributed by atoms with van der Waals surface area (Å²) in [7, 11) is 1.15. The molecule has 1 aliphatic rings. The van der Waals surface area contributed by atoms with Gasteiger partial charge in [-0.1, -0.05) is 11.6 Å². The van der Waals surface area contributed by atoms with Gasteiger partial charge in [0.05, 0.1) is 18.4 Å². The lowest BCUT2D eigenvalue weighted by atomic mass is 10.1. The van der Waals surface area contributed by atoms with Gasteiger partial charge in [-0.15, -0.1) is 0 Å². The SMILES string of the molecule is COC(=O)c1cc(F)c(Cl)c(N2CCC(=O)NC2=O)c1. The van der Waals surface area contributed by atoms with E-state index in [-0.39, 0.29) is 29.2 Å². The van der Waals surface area contributed by atoms with Crippen LogP contribution < -0.4 is 10.2 Å². The van der Waals surface area contributed by atoms with Gasteiger partial charge >= 0.3 is 12.0 Å². The fraction of sp³-hybridized carbons (Fsp3) is 0.250. The van der Waals surface area contributed by atoms with E-state index in [1.807, 2.05) is 0 Å². The zero-order valence-corrected chi connectivity index (χ0v) is 11.2. The normalized spacial score (nSPS) is 15.1. The predicted molar refractivity (Wildman–Crippen MR) is 68.3 cm³/mol. The lowest BCUT2D eigenvalue weighted by Crippen LogP contribution is -2.49. The molecule has 20 heavy (non-hydrogen) atoms. The number of nitrogens with zero attached hydrogens (tertiary/aromatic N) is 1. The number of rotatable bonds is 2. The van der Waals surface area contributed by atoms with Crippen LogP contribution in [0.2, 0.25) is 5.02 Å². The molecule has 0 radical (unpaired) electrons. The topological polar surface area (TPSA) is 75.7 Å². The van der Waals surface area contributed by atoms with Crippen LogP contribution in [0, 0.1) is 5.82 Å². The quantitative estimate of drug-likeness (QED) is 0.844. The Labute approximate surface area is 118 Å². The number of hydrogen-bond donors (Lipinski definition) is 1. The van der Waals surface area contributed by atoms with Crippen molar-refractivity contribution < 1.29 is 23.5 Å². The highest BCUT2D eigenvalue weighted by Crippen LogP contribution is 2.31. The number of imide groups is 1. The van der Waals surface area contributed by atoms with E-state index in [9.17, 15) is 18.8 Å². The molecule has 1 aliphatic heterocycles. The monoisotopic (exact) mass is 300 g/mol. The van der Waals surface area contributed by atoms with Crippen LogP contribution in [0.3, 0.4) is 0 Å². The summed E-state index contributed by atoms with van der Waals surface area (Å²) >= 11 is 5.81. The fourth-order valence-corrected chi connectivity index (χ4v) is 2.01. The van der Waals surface area contributed by atoms with E-state index in [0.29, 0.717) is 0 Å². The average Bonchev–Trinajstić information content (AvgIpc) is 2.41. The van der Waals surface area contributed by atoms with Crippen LogP contribution in [0.5, 0.6) is 0 Å². The Balaban J connectivity index is 2.45. The smallest absolute Gasteiger partial charge is 0.338 e. The van der Waals surface area contributed by atoms with Crippen molar-refractivity contribution in [1.29, 1.82) is 0 Å². The first-order valence-electron chi connectivity index (χ1n) is 5.62. The van der Waals surface area contributed by atoms with Gasteiger partial charge < -0.3 is 4.74 Å². The van der Waals surface area contributed by atoms with Crippen molar-refractivity contribution in [3.8, 4) is 0 Å². The Hall–Kier alpha value is -2.15. The second kappa shape index (κ2) is 5.46. The van der Waals surface area contributed by atoms with Crippen molar-refractivity contribution >= 4 is 35.2 Å². The highest BCUT2D eigenvalue weighted by Gasteiger charge is 2.28. The molecule has 2 rings (SSSR count). The number of ether oxygens (including phenoxy) is 1. The van der Waals surface area contributed by atoms with Crippen molar-refractivity contribution in [2.45, 2.75) is 6.42 Å². The molecule has 1 aromatic carbocycles. The molecular formula is C12H10ClFN2O4. The number of urea groups is 1. The summed E-state index contributed by atoms with van der Waals surface area (Å²) in [5, 5.41) is 1.78. The van der Waals surface area contributed by atoms with E-state index in [1.54, 1.807) is 0 Å². The molecule has 1 heterocycles. The summed E-state index contributed by atoms with van der Waals surface area (Å²) in [6, 6.07) is 1.45. The van der Waals surface area contributed by atoms with Crippen LogP contribution in [0.25, 0.3) is 0 Å². The lowest BCUT2D eigenvalue weighted by molar-refractivity contribution is -0.120. The highest BCUT2D eigenvalue weighted by molar-refractivity contribution is 6.34. The highest BCUT2D eigenvalue weighted by atomic mass is 35.5. The number of esters is 1. The number of halogens is 2. The second-order valence-electron chi connectivity index (χ2n) is 4.04. The maximum atomic E-state index is 13.7. The molecule has 1 aromatic rings. The number of nitrogens with one attached hydrogen (secondary N) is 1. The lowest BCUT2D eigenvalue weighted by Gasteiger charge is -2.27. The Bertz CT molecular complexity index is 605. The van der Waals surface area contributed by atoms with Gasteiger partial charge in [0.25, 0.3) is 0 Å². The van der Waals surface area contributed by atoms with Crippen molar-refractivity contribution in [3.63, 3.8) is 0 Å². The molecule has 0 aromatic heterocycles. The Morgan fingerprint density at radius 3 is 2.75 bits per heavy atom. The molecule has 0 unspecified atom stereocenters. The third-order valence-corrected chi connectivity index (χ3v) is 3.15. The molecule has 0 spiro atoms. The number of amides is 3. The number of carbonyl (C=O) groups is 3. The first-order chi connectivity index (χ1) is 9.43. The van der Waals surface area contributed by atoms with Crippen LogP contribution in [0.1, 0.15) is 16.8 Å². The molecule has 0 saturated carbocycles. The van der Waals surface area contributed by atoms with E-state index >= 15 is 0 Å². The largest absolute Gasteiger partial charge is 0.465 e. The molecule has 6 nitrogen and oxygen atoms in total. The predicted octanol–water partition coefficient (Wildman–Crippen LogP) is 1.71. The van der Waals surface area contributed by atoms with E-state index < -0.39 is 23.7 Å². The average molecular weight is 301 g/mol. The standard InChI is InChI=1S/C12H10ClFN2O4/c1-20-11(18)6-4-7(14)10(13)8(5-6)16-3-2-9(17)15-12(16)19/h4-5H,2-3H2,1H3,(H,15,17,19). The van der Waals surface area contributed by atoms with Crippen molar-refractivity contribution in [1.82, 2.24) is 5.32 Å². The first-order valence-corrected chi connectivity index (χ1v) is 6.00. The first kappa shape index (κ1) is 14.3. The van der Waals surface area contributed by atoms with E-state index in [4.69, 9.17) is 11.6 Å². The van der Waals surface area contributed by atoms with Gasteiger partial charge in [-0.05, 0) is 12.1 Å². The minimum atomic E-state index is -0.853. The minimum Gasteiger partial charge on any atom is -0.465 e. The van der Waals surface area contributed by atoms with Gasteiger partial charge in [0.15, 0.2) is 0 Å². The van der Waals surface area contributed by atoms with Gasteiger partial charge in [0.2, 0.25) is 5.91 Å². The number of benzene rings is 1. The Morgan fingerprint density at radius 1 is 1.45 bits per heavy atom. The molecule has 0 bridgehead atoms. The molecule has 8 heteroatoms. The molecule has 0 aliphatic carbocycles. The Morgan fingerprint density at radius 2 is 2.15 bits per heavy atom. The third kappa shape index (κ3) is 2.57. The summed E-state index contributed by atoms with van der Waals surface area (Å²) in [5.74, 6) is -2.03. The van der Waals surface area contributed by atoms with Crippen molar-refractivity contribution in [2.24, 2.45) is 0 Å². The van der Waals surface area contributed by atoms with Crippen LogP contribution in [0.15, 0.2) is 12.1 Å². The molecule has 0 atom stereocenters. The molecule has 1 saturated heterocycles. The molecule has 1 N–H and O–H groups in total. The van der Waals surface area contributed by atoms with E-state index in [1.165, 1.54) is 6.07 Å². The molecule has 3 amide bonds. The van der Waals surface area contributed by atoms with Crippen LogP contribution in [-0.4, -0.2) is 31.6 Å². The summed E-state index contributed by atoms with van der Waals surface area (Å²) in [4.78, 5) is 35.3. The zero-order chi connectivity index (χ0) is 14.9.